The fraction of sp³-hybridized carbons (Fsp3) is 1.00. The van der Waals surface area contributed by atoms with E-state index in [9.17, 15) is 0 Å². The Kier molecular flexibility index (Phi) is 19.8. The van der Waals surface area contributed by atoms with Crippen molar-refractivity contribution in [2.75, 3.05) is 26.3 Å². The van der Waals surface area contributed by atoms with Gasteiger partial charge in [0.2, 0.25) is 0 Å². The van der Waals surface area contributed by atoms with Crippen molar-refractivity contribution in [2.24, 2.45) is 0 Å². The van der Waals surface area contributed by atoms with Crippen LogP contribution in [0.25, 0.3) is 0 Å². The molecule has 0 aliphatic rings. The third-order valence-electron chi connectivity index (χ3n) is 4.05. The number of rotatable bonds is 18. The largest absolute Gasteiger partial charge is 0.396 e. The Morgan fingerprint density at radius 1 is 0.381 bits per heavy atom. The molecule has 0 aliphatic carbocycles. The smallest absolute Gasteiger partial charge is 0.0555 e. The van der Waals surface area contributed by atoms with Gasteiger partial charge < -0.3 is 15.5 Å². The van der Waals surface area contributed by atoms with Crippen LogP contribution in [-0.4, -0.2) is 36.5 Å². The fourth-order valence-corrected chi connectivity index (χ4v) is 2.69. The van der Waals surface area contributed by atoms with Crippen molar-refractivity contribution in [2.45, 2.75) is 89.9 Å². The van der Waals surface area contributed by atoms with E-state index in [1.54, 1.807) is 0 Å². The van der Waals surface area contributed by atoms with Gasteiger partial charge in [-0.25, -0.2) is 0 Å². The third-order valence-corrected chi connectivity index (χ3v) is 4.05. The first-order valence-corrected chi connectivity index (χ1v) is 9.34. The number of aliphatic hydroxyl groups excluding tert-OH is 2. The van der Waals surface area contributed by atoms with Crippen molar-refractivity contribution in [1.82, 2.24) is 5.32 Å². The van der Waals surface area contributed by atoms with Gasteiger partial charge in [-0.3, -0.25) is 0 Å². The maximum absolute atomic E-state index is 8.68. The van der Waals surface area contributed by atoms with Gasteiger partial charge in [-0.15, -0.1) is 0 Å². The van der Waals surface area contributed by atoms with E-state index in [0.29, 0.717) is 6.61 Å². The van der Waals surface area contributed by atoms with Crippen LogP contribution in [0.3, 0.4) is 0 Å². The van der Waals surface area contributed by atoms with Crippen molar-refractivity contribution in [3.05, 3.63) is 0 Å². The Hall–Kier alpha value is -0.120. The molecule has 0 spiro atoms. The minimum atomic E-state index is 0.253. The molecule has 0 radical (unpaired) electrons. The standard InChI is InChI=1S/C18H39NO2/c20-17-14-12-10-8-6-4-2-1-3-5-7-9-11-13-15-19-16-18-21/h19-21H,1-18H2. The van der Waals surface area contributed by atoms with Gasteiger partial charge in [-0.2, -0.15) is 0 Å². The van der Waals surface area contributed by atoms with Gasteiger partial charge in [-0.05, 0) is 19.4 Å². The molecule has 0 unspecified atom stereocenters. The van der Waals surface area contributed by atoms with E-state index in [1.165, 1.54) is 83.5 Å². The molecule has 0 rings (SSSR count). The van der Waals surface area contributed by atoms with Crippen LogP contribution < -0.4 is 5.32 Å². The van der Waals surface area contributed by atoms with Crippen LogP contribution in [-0.2, 0) is 0 Å². The molecule has 0 saturated heterocycles. The molecule has 0 aliphatic heterocycles. The first-order chi connectivity index (χ1) is 10.4. The molecule has 0 saturated carbocycles. The van der Waals surface area contributed by atoms with E-state index in [-0.39, 0.29) is 6.61 Å². The summed E-state index contributed by atoms with van der Waals surface area (Å²) in [6.45, 7) is 2.40. The molecule has 21 heavy (non-hydrogen) atoms. The lowest BCUT2D eigenvalue weighted by molar-refractivity contribution is 0.282. The Balaban J connectivity index is 2.90. The molecular formula is C18H39NO2. The summed E-state index contributed by atoms with van der Waals surface area (Å²) in [5.74, 6) is 0. The molecule has 0 aromatic heterocycles. The van der Waals surface area contributed by atoms with E-state index < -0.39 is 0 Å². The zero-order valence-electron chi connectivity index (χ0n) is 14.1. The maximum atomic E-state index is 8.68. The van der Waals surface area contributed by atoms with Gasteiger partial charge in [0, 0.05) is 13.2 Å². The summed E-state index contributed by atoms with van der Waals surface area (Å²) in [6.07, 6.45) is 18.6. The maximum Gasteiger partial charge on any atom is 0.0555 e. The second kappa shape index (κ2) is 19.9. The zero-order chi connectivity index (χ0) is 15.4. The van der Waals surface area contributed by atoms with Crippen LogP contribution in [0, 0.1) is 0 Å². The molecule has 3 heteroatoms. The number of hydrogen-bond acceptors (Lipinski definition) is 3. The Morgan fingerprint density at radius 3 is 1.14 bits per heavy atom. The van der Waals surface area contributed by atoms with Crippen molar-refractivity contribution in [1.29, 1.82) is 0 Å². The van der Waals surface area contributed by atoms with E-state index in [2.05, 4.69) is 5.32 Å². The highest BCUT2D eigenvalue weighted by Crippen LogP contribution is 2.12. The van der Waals surface area contributed by atoms with Gasteiger partial charge in [0.25, 0.3) is 0 Å². The molecule has 0 atom stereocenters. The molecule has 3 nitrogen and oxygen atoms in total. The van der Waals surface area contributed by atoms with E-state index in [1.807, 2.05) is 0 Å². The first kappa shape index (κ1) is 20.9. The lowest BCUT2D eigenvalue weighted by Gasteiger charge is -2.04. The molecule has 0 aromatic carbocycles. The van der Waals surface area contributed by atoms with Crippen LogP contribution in [0.5, 0.6) is 0 Å². The first-order valence-electron chi connectivity index (χ1n) is 9.34. The summed E-state index contributed by atoms with van der Waals surface area (Å²) in [5, 5.41) is 20.5. The van der Waals surface area contributed by atoms with Crippen LogP contribution >= 0.6 is 0 Å². The van der Waals surface area contributed by atoms with Crippen molar-refractivity contribution in [3.63, 3.8) is 0 Å². The third kappa shape index (κ3) is 19.9. The minimum Gasteiger partial charge on any atom is -0.396 e. The molecule has 0 aromatic rings. The average molecular weight is 302 g/mol. The zero-order valence-corrected chi connectivity index (χ0v) is 14.1. The summed E-state index contributed by atoms with van der Waals surface area (Å²) in [5.41, 5.74) is 0. The summed E-state index contributed by atoms with van der Waals surface area (Å²) in [7, 11) is 0. The van der Waals surface area contributed by atoms with Gasteiger partial charge >= 0.3 is 0 Å². The molecule has 0 fully saturated rings. The fourth-order valence-electron chi connectivity index (χ4n) is 2.69. The van der Waals surface area contributed by atoms with Crippen LogP contribution in [0.1, 0.15) is 89.9 Å². The summed E-state index contributed by atoms with van der Waals surface area (Å²) >= 11 is 0. The number of aliphatic hydroxyl groups is 2. The van der Waals surface area contributed by atoms with Crippen molar-refractivity contribution in [3.8, 4) is 0 Å². The molecular weight excluding hydrogens is 262 g/mol. The van der Waals surface area contributed by atoms with Crippen LogP contribution in [0.15, 0.2) is 0 Å². The highest BCUT2D eigenvalue weighted by Gasteiger charge is 1.94. The summed E-state index contributed by atoms with van der Waals surface area (Å²) in [6, 6.07) is 0. The molecule has 0 heterocycles. The summed E-state index contributed by atoms with van der Waals surface area (Å²) in [4.78, 5) is 0. The Labute approximate surface area is 132 Å². The number of unbranched alkanes of at least 4 members (excludes halogenated alkanes) is 13. The summed E-state index contributed by atoms with van der Waals surface area (Å²) < 4.78 is 0. The van der Waals surface area contributed by atoms with Crippen LogP contribution in [0.4, 0.5) is 0 Å². The second-order valence-electron chi connectivity index (χ2n) is 6.15. The average Bonchev–Trinajstić information content (AvgIpc) is 2.50. The molecule has 3 N–H and O–H groups in total. The van der Waals surface area contributed by atoms with Crippen LogP contribution in [0.2, 0.25) is 0 Å². The van der Waals surface area contributed by atoms with Crippen molar-refractivity contribution >= 4 is 0 Å². The minimum absolute atomic E-state index is 0.253. The van der Waals surface area contributed by atoms with Crippen molar-refractivity contribution < 1.29 is 10.2 Å². The van der Waals surface area contributed by atoms with E-state index in [0.717, 1.165) is 19.5 Å². The van der Waals surface area contributed by atoms with Gasteiger partial charge in [0.05, 0.1) is 6.61 Å². The van der Waals surface area contributed by atoms with Gasteiger partial charge in [0.1, 0.15) is 0 Å². The molecule has 0 bridgehead atoms. The highest BCUT2D eigenvalue weighted by atomic mass is 16.3. The SMILES string of the molecule is OCCCCCCCCCCCCCCCCNCCO. The number of nitrogens with one attached hydrogen (secondary N) is 1. The predicted octanol–water partition coefficient (Wildman–Crippen LogP) is 4.02. The second-order valence-corrected chi connectivity index (χ2v) is 6.15. The van der Waals surface area contributed by atoms with Gasteiger partial charge in [-0.1, -0.05) is 77.0 Å². The van der Waals surface area contributed by atoms with E-state index in [4.69, 9.17) is 10.2 Å². The van der Waals surface area contributed by atoms with Gasteiger partial charge in [0.15, 0.2) is 0 Å². The lowest BCUT2D eigenvalue weighted by atomic mass is 10.0. The van der Waals surface area contributed by atoms with E-state index >= 15 is 0 Å². The highest BCUT2D eigenvalue weighted by molar-refractivity contribution is 4.51. The monoisotopic (exact) mass is 301 g/mol. The quantitative estimate of drug-likeness (QED) is 0.335. The Morgan fingerprint density at radius 2 is 0.762 bits per heavy atom. The normalized spacial score (nSPS) is 11.1. The molecule has 128 valence electrons. The topological polar surface area (TPSA) is 52.5 Å². The Bertz CT molecular complexity index is 159. The lowest BCUT2D eigenvalue weighted by Crippen LogP contribution is -2.19. The number of hydrogen-bond donors (Lipinski definition) is 3. The molecule has 0 amide bonds. The predicted molar refractivity (Wildman–Crippen MR) is 91.7 cm³/mol.